The Labute approximate surface area is 108 Å². The second kappa shape index (κ2) is 4.80. The highest BCUT2D eigenvalue weighted by atomic mass is 79.9. The average Bonchev–Trinajstić information content (AvgIpc) is 2.82. The summed E-state index contributed by atoms with van der Waals surface area (Å²) >= 11 is 4.15. The molecule has 0 atom stereocenters. The van der Waals surface area contributed by atoms with Gasteiger partial charge in [0.2, 0.25) is 11.0 Å². The minimum absolute atomic E-state index is 0.128. The molecule has 0 unspecified atom stereocenters. The molecule has 2 aromatic rings. The van der Waals surface area contributed by atoms with Gasteiger partial charge in [0.05, 0.1) is 5.75 Å². The van der Waals surface area contributed by atoms with Crippen molar-refractivity contribution in [3.63, 3.8) is 0 Å². The Bertz CT molecular complexity index is 553. The highest BCUT2D eigenvalue weighted by Crippen LogP contribution is 2.25. The summed E-state index contributed by atoms with van der Waals surface area (Å²) < 4.78 is 7.02. The lowest BCUT2D eigenvalue weighted by Gasteiger charge is -1.99. The third kappa shape index (κ3) is 2.61. The fourth-order valence-corrected chi connectivity index (χ4v) is 1.99. The molecular weight excluding hydrogens is 312 g/mol. The van der Waals surface area contributed by atoms with Crippen molar-refractivity contribution in [2.24, 2.45) is 0 Å². The van der Waals surface area contributed by atoms with Gasteiger partial charge in [-0.3, -0.25) is 4.79 Å². The molecule has 0 aromatic carbocycles. The summed E-state index contributed by atoms with van der Waals surface area (Å²) in [7, 11) is 0. The van der Waals surface area contributed by atoms with E-state index in [1.165, 1.54) is 4.68 Å². The van der Waals surface area contributed by atoms with Crippen LogP contribution < -0.4 is 5.84 Å². The number of rotatable bonds is 4. The zero-order valence-electron chi connectivity index (χ0n) is 8.33. The number of carbonyl (C=O) groups is 1. The van der Waals surface area contributed by atoms with Crippen LogP contribution in [0.3, 0.4) is 0 Å². The molecule has 3 N–H and O–H groups in total. The van der Waals surface area contributed by atoms with E-state index in [1.807, 2.05) is 0 Å². The number of nitrogen functional groups attached to an aromatic ring is 1. The topological polar surface area (TPSA) is 107 Å². The molecule has 0 aliphatic rings. The molecule has 0 saturated heterocycles. The maximum absolute atomic E-state index is 10.4. The molecule has 0 bridgehead atoms. The monoisotopic (exact) mass is 318 g/mol. The number of thioether (sulfide) groups is 1. The smallest absolute Gasteiger partial charge is 0.313 e. The summed E-state index contributed by atoms with van der Waals surface area (Å²) in [6.07, 6.45) is 0. The molecule has 0 aliphatic carbocycles. The van der Waals surface area contributed by atoms with Gasteiger partial charge in [-0.1, -0.05) is 11.8 Å². The van der Waals surface area contributed by atoms with Crippen LogP contribution in [0.1, 0.15) is 0 Å². The van der Waals surface area contributed by atoms with E-state index in [0.29, 0.717) is 21.4 Å². The van der Waals surface area contributed by atoms with Crippen molar-refractivity contribution in [3.8, 4) is 11.6 Å². The molecule has 2 heterocycles. The van der Waals surface area contributed by atoms with E-state index in [4.69, 9.17) is 15.4 Å². The van der Waals surface area contributed by atoms with E-state index in [1.54, 1.807) is 12.1 Å². The lowest BCUT2D eigenvalue weighted by molar-refractivity contribution is -0.133. The van der Waals surface area contributed by atoms with Crippen molar-refractivity contribution in [1.82, 2.24) is 14.9 Å². The largest absolute Gasteiger partial charge is 0.481 e. The van der Waals surface area contributed by atoms with E-state index in [9.17, 15) is 4.79 Å². The van der Waals surface area contributed by atoms with E-state index in [2.05, 4.69) is 26.1 Å². The van der Waals surface area contributed by atoms with Crippen LogP contribution in [-0.4, -0.2) is 31.7 Å². The fourth-order valence-electron chi connectivity index (χ4n) is 1.10. The number of nitrogens with two attached hydrogens (primary N) is 1. The Morgan fingerprint density at radius 2 is 2.35 bits per heavy atom. The standard InChI is InChI=1S/C8H7BrN4O3S/c9-5-2-1-4(16-5)7-11-12-8(13(7)10)17-3-6(14)15/h1-2H,3,10H2,(H,14,15). The van der Waals surface area contributed by atoms with Gasteiger partial charge < -0.3 is 15.4 Å². The Balaban J connectivity index is 2.23. The number of aliphatic carboxylic acids is 1. The van der Waals surface area contributed by atoms with Gasteiger partial charge in [-0.15, -0.1) is 10.2 Å². The van der Waals surface area contributed by atoms with Crippen LogP contribution in [0.4, 0.5) is 0 Å². The highest BCUT2D eigenvalue weighted by molar-refractivity contribution is 9.10. The van der Waals surface area contributed by atoms with Crippen molar-refractivity contribution in [3.05, 3.63) is 16.8 Å². The first-order valence-corrected chi connectivity index (χ1v) is 6.16. The van der Waals surface area contributed by atoms with Crippen LogP contribution in [0.15, 0.2) is 26.4 Å². The predicted octanol–water partition coefficient (Wildman–Crippen LogP) is 1.19. The number of hydrogen-bond donors (Lipinski definition) is 2. The molecule has 17 heavy (non-hydrogen) atoms. The van der Waals surface area contributed by atoms with Crippen molar-refractivity contribution < 1.29 is 14.3 Å². The first-order valence-electron chi connectivity index (χ1n) is 4.38. The Morgan fingerprint density at radius 1 is 1.59 bits per heavy atom. The van der Waals surface area contributed by atoms with Crippen molar-refractivity contribution >= 4 is 33.7 Å². The van der Waals surface area contributed by atoms with Crippen LogP contribution in [0.2, 0.25) is 0 Å². The second-order valence-corrected chi connectivity index (χ2v) is 4.69. The summed E-state index contributed by atoms with van der Waals surface area (Å²) in [5, 5.41) is 16.5. The van der Waals surface area contributed by atoms with E-state index in [0.717, 1.165) is 11.8 Å². The van der Waals surface area contributed by atoms with Crippen LogP contribution in [0.5, 0.6) is 0 Å². The summed E-state index contributed by atoms with van der Waals surface area (Å²) in [4.78, 5) is 10.4. The molecule has 0 spiro atoms. The molecule has 9 heteroatoms. The maximum Gasteiger partial charge on any atom is 0.313 e. The van der Waals surface area contributed by atoms with E-state index >= 15 is 0 Å². The van der Waals surface area contributed by atoms with Gasteiger partial charge in [-0.25, -0.2) is 4.68 Å². The number of carboxylic acids is 1. The molecule has 2 aromatic heterocycles. The van der Waals surface area contributed by atoms with E-state index in [-0.39, 0.29) is 5.75 Å². The Hall–Kier alpha value is -1.48. The zero-order chi connectivity index (χ0) is 12.4. The number of aromatic nitrogens is 3. The first kappa shape index (κ1) is 12.0. The number of halogens is 1. The molecule has 7 nitrogen and oxygen atoms in total. The van der Waals surface area contributed by atoms with Gasteiger partial charge >= 0.3 is 5.97 Å². The molecule has 0 saturated carbocycles. The normalized spacial score (nSPS) is 10.6. The Morgan fingerprint density at radius 3 is 2.94 bits per heavy atom. The number of nitrogens with zero attached hydrogens (tertiary/aromatic N) is 3. The van der Waals surface area contributed by atoms with Gasteiger partial charge in [0, 0.05) is 0 Å². The summed E-state index contributed by atoms with van der Waals surface area (Å²) in [5.41, 5.74) is 0. The van der Waals surface area contributed by atoms with Gasteiger partial charge in [-0.05, 0) is 28.1 Å². The lowest BCUT2D eigenvalue weighted by atomic mass is 10.4. The molecule has 0 radical (unpaired) electrons. The minimum Gasteiger partial charge on any atom is -0.481 e. The lowest BCUT2D eigenvalue weighted by Crippen LogP contribution is -2.12. The first-order chi connectivity index (χ1) is 8.08. The maximum atomic E-state index is 10.4. The second-order valence-electron chi connectivity index (χ2n) is 2.96. The Kier molecular flexibility index (Phi) is 3.38. The fraction of sp³-hybridized carbons (Fsp3) is 0.125. The van der Waals surface area contributed by atoms with Crippen molar-refractivity contribution in [1.29, 1.82) is 0 Å². The minimum atomic E-state index is -0.944. The quantitative estimate of drug-likeness (QED) is 0.644. The SMILES string of the molecule is Nn1c(SCC(=O)O)nnc1-c1ccc(Br)o1. The number of hydrogen-bond acceptors (Lipinski definition) is 6. The summed E-state index contributed by atoms with van der Waals surface area (Å²) in [6.45, 7) is 0. The third-order valence-electron chi connectivity index (χ3n) is 1.78. The summed E-state index contributed by atoms with van der Waals surface area (Å²) in [6, 6.07) is 3.39. The highest BCUT2D eigenvalue weighted by Gasteiger charge is 2.15. The van der Waals surface area contributed by atoms with Crippen LogP contribution in [0.25, 0.3) is 11.6 Å². The van der Waals surface area contributed by atoms with Crippen LogP contribution in [0, 0.1) is 0 Å². The number of furan rings is 1. The average molecular weight is 319 g/mol. The van der Waals surface area contributed by atoms with E-state index < -0.39 is 5.97 Å². The summed E-state index contributed by atoms with van der Waals surface area (Å²) in [5.74, 6) is 5.45. The van der Waals surface area contributed by atoms with Gasteiger partial charge in [-0.2, -0.15) is 0 Å². The van der Waals surface area contributed by atoms with Crippen molar-refractivity contribution in [2.45, 2.75) is 5.16 Å². The molecule has 0 fully saturated rings. The molecule has 2 rings (SSSR count). The van der Waals surface area contributed by atoms with Crippen LogP contribution >= 0.6 is 27.7 Å². The molecule has 90 valence electrons. The van der Waals surface area contributed by atoms with Gasteiger partial charge in [0.15, 0.2) is 10.4 Å². The van der Waals surface area contributed by atoms with Gasteiger partial charge in [0.1, 0.15) is 0 Å². The predicted molar refractivity (Wildman–Crippen MR) is 63.9 cm³/mol. The molecule has 0 amide bonds. The zero-order valence-corrected chi connectivity index (χ0v) is 10.7. The molecule has 0 aliphatic heterocycles. The third-order valence-corrected chi connectivity index (χ3v) is 3.14. The molecular formula is C8H7BrN4O3S. The number of carboxylic acid groups (broad SMARTS) is 1. The van der Waals surface area contributed by atoms with Gasteiger partial charge in [0.25, 0.3) is 0 Å². The van der Waals surface area contributed by atoms with Crippen LogP contribution in [-0.2, 0) is 4.79 Å². The van der Waals surface area contributed by atoms with Crippen molar-refractivity contribution in [2.75, 3.05) is 11.6 Å².